The molecule has 0 unspecified atom stereocenters. The Morgan fingerprint density at radius 3 is 2.62 bits per heavy atom. The van der Waals surface area contributed by atoms with E-state index in [9.17, 15) is 4.79 Å². The molecule has 1 amide bonds. The molecule has 1 aromatic heterocycles. The second kappa shape index (κ2) is 6.69. The summed E-state index contributed by atoms with van der Waals surface area (Å²) >= 11 is 6.18. The number of nitrogens with zero attached hydrogens (tertiary/aromatic N) is 3. The second-order valence-corrected chi connectivity index (χ2v) is 6.52. The van der Waals surface area contributed by atoms with E-state index in [1.807, 2.05) is 37.3 Å². The third-order valence-corrected chi connectivity index (χ3v) is 4.63. The number of aryl methyl sites for hydroxylation is 1. The summed E-state index contributed by atoms with van der Waals surface area (Å²) in [6, 6.07) is 11.5. The first kappa shape index (κ1) is 16.4. The minimum Gasteiger partial charge on any atom is -0.324 e. The molecule has 3 aromatic rings. The van der Waals surface area contributed by atoms with Gasteiger partial charge in [-0.15, -0.1) is 0 Å². The van der Waals surface area contributed by atoms with Gasteiger partial charge in [-0.1, -0.05) is 29.8 Å². The van der Waals surface area contributed by atoms with Crippen molar-refractivity contribution < 1.29 is 4.79 Å². The van der Waals surface area contributed by atoms with Gasteiger partial charge in [0.25, 0.3) is 0 Å². The van der Waals surface area contributed by atoms with Crippen LogP contribution in [0.4, 0.5) is 11.4 Å². The van der Waals surface area contributed by atoms with Crippen molar-refractivity contribution in [3.8, 4) is 11.1 Å². The molecule has 1 aliphatic rings. The number of anilines is 1. The van der Waals surface area contributed by atoms with E-state index in [-0.39, 0.29) is 12.3 Å². The van der Waals surface area contributed by atoms with Crippen LogP contribution in [-0.4, -0.2) is 21.6 Å². The summed E-state index contributed by atoms with van der Waals surface area (Å²) in [5.41, 5.74) is 5.75. The van der Waals surface area contributed by atoms with Crippen LogP contribution < -0.4 is 5.32 Å². The molecule has 0 aliphatic carbocycles. The van der Waals surface area contributed by atoms with Crippen LogP contribution in [0.2, 0.25) is 5.02 Å². The van der Waals surface area contributed by atoms with Gasteiger partial charge in [-0.05, 0) is 41.8 Å². The van der Waals surface area contributed by atoms with E-state index in [4.69, 9.17) is 16.6 Å². The van der Waals surface area contributed by atoms with Gasteiger partial charge in [-0.3, -0.25) is 9.79 Å². The fourth-order valence-electron chi connectivity index (χ4n) is 2.88. The Morgan fingerprint density at radius 2 is 1.81 bits per heavy atom. The molecular formula is C20H15ClN4O. The highest BCUT2D eigenvalue weighted by atomic mass is 35.5. The molecule has 0 fully saturated rings. The SMILES string of the molecule is Cc1cc2c(cc1Cl)NC(=O)CC(c1cccc(-c3cncnc3)c1)=N2. The van der Waals surface area contributed by atoms with Crippen molar-refractivity contribution in [1.29, 1.82) is 0 Å². The number of nitrogens with one attached hydrogen (secondary N) is 1. The third kappa shape index (κ3) is 3.21. The van der Waals surface area contributed by atoms with Gasteiger partial charge in [0.05, 0.1) is 23.5 Å². The van der Waals surface area contributed by atoms with E-state index < -0.39 is 0 Å². The van der Waals surface area contributed by atoms with Crippen LogP contribution in [0.25, 0.3) is 11.1 Å². The maximum atomic E-state index is 12.3. The monoisotopic (exact) mass is 362 g/mol. The smallest absolute Gasteiger partial charge is 0.230 e. The minimum atomic E-state index is -0.115. The normalized spacial score (nSPS) is 13.5. The Morgan fingerprint density at radius 1 is 1.04 bits per heavy atom. The zero-order valence-corrected chi connectivity index (χ0v) is 14.8. The van der Waals surface area contributed by atoms with Crippen LogP contribution in [0.5, 0.6) is 0 Å². The largest absolute Gasteiger partial charge is 0.324 e. The molecule has 1 N–H and O–H groups in total. The van der Waals surface area contributed by atoms with E-state index in [2.05, 4.69) is 15.3 Å². The Balaban J connectivity index is 1.80. The Labute approximate surface area is 155 Å². The van der Waals surface area contributed by atoms with Crippen LogP contribution in [0.1, 0.15) is 17.5 Å². The molecule has 4 rings (SSSR count). The number of aliphatic imine (C=N–C) groups is 1. The fraction of sp³-hybridized carbons (Fsp3) is 0.100. The number of aromatic nitrogens is 2. The summed E-state index contributed by atoms with van der Waals surface area (Å²) in [6.07, 6.45) is 5.21. The first-order valence-corrected chi connectivity index (χ1v) is 8.51. The van der Waals surface area contributed by atoms with Crippen LogP contribution in [0, 0.1) is 6.92 Å². The molecular weight excluding hydrogens is 348 g/mol. The number of halogens is 1. The lowest BCUT2D eigenvalue weighted by molar-refractivity contribution is -0.115. The van der Waals surface area contributed by atoms with Crippen LogP contribution in [-0.2, 0) is 4.79 Å². The highest BCUT2D eigenvalue weighted by Gasteiger charge is 2.18. The highest BCUT2D eigenvalue weighted by molar-refractivity contribution is 6.32. The average molecular weight is 363 g/mol. The lowest BCUT2D eigenvalue weighted by Crippen LogP contribution is -2.15. The van der Waals surface area contributed by atoms with E-state index in [0.717, 1.165) is 22.3 Å². The van der Waals surface area contributed by atoms with Gasteiger partial charge in [0.15, 0.2) is 0 Å². The van der Waals surface area contributed by atoms with Crippen molar-refractivity contribution in [1.82, 2.24) is 9.97 Å². The number of rotatable bonds is 2. The van der Waals surface area contributed by atoms with Gasteiger partial charge in [-0.2, -0.15) is 0 Å². The fourth-order valence-corrected chi connectivity index (χ4v) is 3.05. The zero-order valence-electron chi connectivity index (χ0n) is 14.0. The standard InChI is InChI=1S/C20H15ClN4O/c1-12-5-18-19(7-16(12)21)25-20(26)8-17(24-18)14-4-2-3-13(6-14)15-9-22-11-23-10-15/h2-7,9-11H,8H2,1H3,(H,25,26). The Kier molecular flexibility index (Phi) is 4.22. The number of hydrogen-bond acceptors (Lipinski definition) is 4. The predicted molar refractivity (Wildman–Crippen MR) is 103 cm³/mol. The highest BCUT2D eigenvalue weighted by Crippen LogP contribution is 2.34. The van der Waals surface area contributed by atoms with E-state index in [1.165, 1.54) is 6.33 Å². The average Bonchev–Trinajstić information content (AvgIpc) is 2.81. The van der Waals surface area contributed by atoms with Gasteiger partial charge in [0.2, 0.25) is 5.91 Å². The van der Waals surface area contributed by atoms with Crippen molar-refractivity contribution in [2.24, 2.45) is 4.99 Å². The van der Waals surface area contributed by atoms with Gasteiger partial charge in [-0.25, -0.2) is 9.97 Å². The maximum Gasteiger partial charge on any atom is 0.230 e. The minimum absolute atomic E-state index is 0.115. The maximum absolute atomic E-state index is 12.3. The van der Waals surface area contributed by atoms with Crippen molar-refractivity contribution in [3.05, 3.63) is 71.3 Å². The summed E-state index contributed by atoms with van der Waals surface area (Å²) < 4.78 is 0. The number of carbonyl (C=O) groups is 1. The molecule has 0 saturated heterocycles. The van der Waals surface area contributed by atoms with Gasteiger partial charge in [0, 0.05) is 23.0 Å². The third-order valence-electron chi connectivity index (χ3n) is 4.22. The molecule has 0 spiro atoms. The first-order chi connectivity index (χ1) is 12.6. The second-order valence-electron chi connectivity index (χ2n) is 6.11. The topological polar surface area (TPSA) is 67.2 Å². The molecule has 128 valence electrons. The molecule has 6 heteroatoms. The van der Waals surface area contributed by atoms with Crippen LogP contribution in [0.3, 0.4) is 0 Å². The Bertz CT molecular complexity index is 1030. The zero-order chi connectivity index (χ0) is 18.1. The molecule has 0 radical (unpaired) electrons. The molecule has 2 aromatic carbocycles. The van der Waals surface area contributed by atoms with Crippen molar-refractivity contribution in [2.75, 3.05) is 5.32 Å². The van der Waals surface area contributed by atoms with Crippen molar-refractivity contribution >= 4 is 34.6 Å². The first-order valence-electron chi connectivity index (χ1n) is 8.13. The number of carbonyl (C=O) groups excluding carboxylic acids is 1. The molecule has 0 atom stereocenters. The molecule has 0 bridgehead atoms. The number of hydrogen-bond donors (Lipinski definition) is 1. The van der Waals surface area contributed by atoms with Crippen molar-refractivity contribution in [3.63, 3.8) is 0 Å². The van der Waals surface area contributed by atoms with E-state index >= 15 is 0 Å². The number of fused-ring (bicyclic) bond motifs is 1. The summed E-state index contributed by atoms with van der Waals surface area (Å²) in [7, 11) is 0. The van der Waals surface area contributed by atoms with Crippen molar-refractivity contribution in [2.45, 2.75) is 13.3 Å². The summed E-state index contributed by atoms with van der Waals surface area (Å²) in [6.45, 7) is 1.92. The quantitative estimate of drug-likeness (QED) is 0.726. The lowest BCUT2D eigenvalue weighted by Gasteiger charge is -2.07. The van der Waals surface area contributed by atoms with Crippen LogP contribution in [0.15, 0.2) is 60.1 Å². The van der Waals surface area contributed by atoms with E-state index in [0.29, 0.717) is 22.1 Å². The predicted octanol–water partition coefficient (Wildman–Crippen LogP) is 4.57. The molecule has 0 saturated carbocycles. The molecule has 5 nitrogen and oxygen atoms in total. The van der Waals surface area contributed by atoms with Gasteiger partial charge in [0.1, 0.15) is 6.33 Å². The Hall–Kier alpha value is -3.05. The number of amides is 1. The lowest BCUT2D eigenvalue weighted by atomic mass is 10.0. The summed E-state index contributed by atoms with van der Waals surface area (Å²) in [5, 5.41) is 3.48. The number of benzene rings is 2. The molecule has 1 aliphatic heterocycles. The summed E-state index contributed by atoms with van der Waals surface area (Å²) in [4.78, 5) is 25.2. The van der Waals surface area contributed by atoms with Crippen LogP contribution >= 0.6 is 11.6 Å². The van der Waals surface area contributed by atoms with Gasteiger partial charge < -0.3 is 5.32 Å². The summed E-state index contributed by atoms with van der Waals surface area (Å²) in [5.74, 6) is -0.115. The van der Waals surface area contributed by atoms with Gasteiger partial charge >= 0.3 is 0 Å². The molecule has 2 heterocycles. The van der Waals surface area contributed by atoms with E-state index in [1.54, 1.807) is 18.5 Å². The molecule has 26 heavy (non-hydrogen) atoms.